The smallest absolute Gasteiger partial charge is 0.255 e. The molecule has 1 amide bonds. The van der Waals surface area contributed by atoms with Gasteiger partial charge in [-0.3, -0.25) is 4.79 Å². The van der Waals surface area contributed by atoms with E-state index < -0.39 is 31.8 Å². The molecule has 2 N–H and O–H groups in total. The topological polar surface area (TPSA) is 148 Å². The lowest BCUT2D eigenvalue weighted by Gasteiger charge is -2.12. The normalized spacial score (nSPS) is 18.0. The van der Waals surface area contributed by atoms with Crippen LogP contribution in [0.2, 0.25) is 0 Å². The van der Waals surface area contributed by atoms with Crippen molar-refractivity contribution >= 4 is 31.5 Å². The Morgan fingerprint density at radius 2 is 1.90 bits per heavy atom. The van der Waals surface area contributed by atoms with E-state index in [2.05, 4.69) is 20.2 Å². The van der Waals surface area contributed by atoms with Crippen LogP contribution in [-0.4, -0.2) is 50.5 Å². The number of carbonyl (C=O) groups excluding carboxylic acids is 1. The van der Waals surface area contributed by atoms with Crippen molar-refractivity contribution in [1.29, 1.82) is 0 Å². The molecule has 1 fully saturated rings. The number of carbonyl (C=O) groups is 1. The van der Waals surface area contributed by atoms with E-state index in [1.54, 1.807) is 24.3 Å². The highest BCUT2D eigenvalue weighted by molar-refractivity contribution is 7.92. The zero-order chi connectivity index (χ0) is 22.1. The number of sulfone groups is 1. The molecule has 1 aliphatic heterocycles. The van der Waals surface area contributed by atoms with Crippen LogP contribution in [0.5, 0.6) is 0 Å². The standard InChI is InChI=1S/C19H18N4O6S2/c24-18(21-15-3-1-2-14(10-15)19-22-20-12-29-19)13-4-6-17(7-5-13)31(27,28)23-16-8-9-30(25,26)11-16/h1-7,10,12,16,23H,8-9,11H2,(H,21,24)/t16-/m0/s1. The largest absolute Gasteiger partial charge is 0.423 e. The maximum Gasteiger partial charge on any atom is 0.255 e. The lowest BCUT2D eigenvalue weighted by atomic mass is 10.1. The monoisotopic (exact) mass is 462 g/mol. The molecule has 0 bridgehead atoms. The first-order valence-corrected chi connectivity index (χ1v) is 12.5. The van der Waals surface area contributed by atoms with Gasteiger partial charge < -0.3 is 9.73 Å². The maximum atomic E-state index is 12.5. The number of amides is 1. The van der Waals surface area contributed by atoms with Gasteiger partial charge in [-0.25, -0.2) is 21.6 Å². The molecule has 10 nitrogen and oxygen atoms in total. The molecule has 1 aliphatic rings. The molecule has 1 saturated heterocycles. The summed E-state index contributed by atoms with van der Waals surface area (Å²) < 4.78 is 55.6. The number of rotatable bonds is 6. The first-order chi connectivity index (χ1) is 14.7. The van der Waals surface area contributed by atoms with Crippen LogP contribution in [0.25, 0.3) is 11.5 Å². The van der Waals surface area contributed by atoms with Gasteiger partial charge in [-0.15, -0.1) is 10.2 Å². The third-order valence-electron chi connectivity index (χ3n) is 4.71. The van der Waals surface area contributed by atoms with Crippen molar-refractivity contribution < 1.29 is 26.0 Å². The third kappa shape index (κ3) is 4.98. The minimum absolute atomic E-state index is 0.0347. The van der Waals surface area contributed by atoms with E-state index in [1.165, 1.54) is 30.7 Å². The summed E-state index contributed by atoms with van der Waals surface area (Å²) >= 11 is 0. The van der Waals surface area contributed by atoms with Crippen LogP contribution in [0.3, 0.4) is 0 Å². The molecule has 0 aliphatic carbocycles. The summed E-state index contributed by atoms with van der Waals surface area (Å²) in [7, 11) is -7.10. The van der Waals surface area contributed by atoms with Crippen molar-refractivity contribution in [3.05, 3.63) is 60.5 Å². The Balaban J connectivity index is 1.44. The Kier molecular flexibility index (Phi) is 5.60. The second-order valence-electron chi connectivity index (χ2n) is 7.02. The van der Waals surface area contributed by atoms with E-state index in [0.717, 1.165) is 0 Å². The summed E-state index contributed by atoms with van der Waals surface area (Å²) in [6.07, 6.45) is 1.45. The van der Waals surface area contributed by atoms with E-state index in [9.17, 15) is 21.6 Å². The summed E-state index contributed by atoms with van der Waals surface area (Å²) in [4.78, 5) is 12.5. The van der Waals surface area contributed by atoms with Gasteiger partial charge in [-0.2, -0.15) is 0 Å². The van der Waals surface area contributed by atoms with E-state index in [1.807, 2.05) is 0 Å². The van der Waals surface area contributed by atoms with Gasteiger partial charge in [-0.05, 0) is 48.9 Å². The van der Waals surface area contributed by atoms with Crippen molar-refractivity contribution in [2.45, 2.75) is 17.4 Å². The highest BCUT2D eigenvalue weighted by Crippen LogP contribution is 2.21. The number of nitrogens with zero attached hydrogens (tertiary/aromatic N) is 2. The fourth-order valence-corrected chi connectivity index (χ4v) is 6.24. The van der Waals surface area contributed by atoms with Gasteiger partial charge in [0.25, 0.3) is 5.91 Å². The fourth-order valence-electron chi connectivity index (χ4n) is 3.19. The number of anilines is 1. The molecule has 1 aromatic heterocycles. The van der Waals surface area contributed by atoms with Crippen LogP contribution in [0.4, 0.5) is 5.69 Å². The van der Waals surface area contributed by atoms with E-state index in [4.69, 9.17) is 4.42 Å². The first kappa shape index (κ1) is 21.2. The van der Waals surface area contributed by atoms with Gasteiger partial charge in [0, 0.05) is 22.9 Å². The predicted molar refractivity (Wildman–Crippen MR) is 112 cm³/mol. The van der Waals surface area contributed by atoms with E-state index in [0.29, 0.717) is 17.1 Å². The van der Waals surface area contributed by atoms with Gasteiger partial charge >= 0.3 is 0 Å². The van der Waals surface area contributed by atoms with Gasteiger partial charge in [0.2, 0.25) is 22.3 Å². The molecule has 3 aromatic rings. The van der Waals surface area contributed by atoms with Crippen LogP contribution in [-0.2, 0) is 19.9 Å². The highest BCUT2D eigenvalue weighted by Gasteiger charge is 2.31. The lowest BCUT2D eigenvalue weighted by molar-refractivity contribution is 0.102. The van der Waals surface area contributed by atoms with Crippen LogP contribution in [0.15, 0.2) is 64.2 Å². The van der Waals surface area contributed by atoms with Gasteiger partial charge in [-0.1, -0.05) is 6.07 Å². The fraction of sp³-hybridized carbons (Fsp3) is 0.211. The highest BCUT2D eigenvalue weighted by atomic mass is 32.2. The second kappa shape index (κ2) is 8.21. The van der Waals surface area contributed by atoms with Crippen molar-refractivity contribution in [3.63, 3.8) is 0 Å². The Labute approximate surface area is 178 Å². The molecule has 4 rings (SSSR count). The molecule has 0 radical (unpaired) electrons. The molecule has 2 heterocycles. The van der Waals surface area contributed by atoms with Gasteiger partial charge in [0.1, 0.15) is 0 Å². The Morgan fingerprint density at radius 3 is 2.55 bits per heavy atom. The summed E-state index contributed by atoms with van der Waals surface area (Å²) in [5.41, 5.74) is 1.39. The molecule has 0 unspecified atom stereocenters. The lowest BCUT2D eigenvalue weighted by Crippen LogP contribution is -2.35. The van der Waals surface area contributed by atoms with E-state index in [-0.39, 0.29) is 28.4 Å². The molecule has 0 spiro atoms. The average molecular weight is 463 g/mol. The zero-order valence-corrected chi connectivity index (χ0v) is 17.7. The summed E-state index contributed by atoms with van der Waals surface area (Å²) in [6.45, 7) is 0. The number of nitrogens with one attached hydrogen (secondary N) is 2. The molecule has 2 aromatic carbocycles. The molecule has 12 heteroatoms. The van der Waals surface area contributed by atoms with E-state index >= 15 is 0 Å². The van der Waals surface area contributed by atoms with Crippen molar-refractivity contribution in [3.8, 4) is 11.5 Å². The second-order valence-corrected chi connectivity index (χ2v) is 11.0. The molecule has 1 atom stereocenters. The number of benzene rings is 2. The van der Waals surface area contributed by atoms with Gasteiger partial charge in [0.15, 0.2) is 9.84 Å². The van der Waals surface area contributed by atoms with Crippen LogP contribution >= 0.6 is 0 Å². The van der Waals surface area contributed by atoms with Crippen molar-refractivity contribution in [1.82, 2.24) is 14.9 Å². The van der Waals surface area contributed by atoms with Crippen LogP contribution < -0.4 is 10.0 Å². The molecule has 162 valence electrons. The zero-order valence-electron chi connectivity index (χ0n) is 16.1. The average Bonchev–Trinajstić information content (AvgIpc) is 3.38. The predicted octanol–water partition coefficient (Wildman–Crippen LogP) is 1.45. The summed E-state index contributed by atoms with van der Waals surface area (Å²) in [5.74, 6) is -0.364. The third-order valence-corrected chi connectivity index (χ3v) is 8.01. The Hall–Kier alpha value is -3.09. The number of aromatic nitrogens is 2. The molecular formula is C19H18N4O6S2. The number of sulfonamides is 1. The Morgan fingerprint density at radius 1 is 1.13 bits per heavy atom. The van der Waals surface area contributed by atoms with Crippen molar-refractivity contribution in [2.24, 2.45) is 0 Å². The van der Waals surface area contributed by atoms with Crippen LogP contribution in [0, 0.1) is 0 Å². The maximum absolute atomic E-state index is 12.5. The van der Waals surface area contributed by atoms with Crippen molar-refractivity contribution in [2.75, 3.05) is 16.8 Å². The molecular weight excluding hydrogens is 444 g/mol. The van der Waals surface area contributed by atoms with Crippen LogP contribution in [0.1, 0.15) is 16.8 Å². The number of hydrogen-bond acceptors (Lipinski definition) is 8. The van der Waals surface area contributed by atoms with Gasteiger partial charge in [0.05, 0.1) is 16.4 Å². The summed E-state index contributed by atoms with van der Waals surface area (Å²) in [5, 5.41) is 10.2. The quantitative estimate of drug-likeness (QED) is 0.559. The first-order valence-electron chi connectivity index (χ1n) is 9.23. The minimum atomic E-state index is -3.90. The summed E-state index contributed by atoms with van der Waals surface area (Å²) in [6, 6.07) is 11.6. The SMILES string of the molecule is O=C(Nc1cccc(-c2nnco2)c1)c1ccc(S(=O)(=O)N[C@H]2CCS(=O)(=O)C2)cc1. The molecule has 0 saturated carbocycles. The Bertz CT molecular complexity index is 1300. The number of hydrogen-bond donors (Lipinski definition) is 2. The minimum Gasteiger partial charge on any atom is -0.423 e. The molecule has 31 heavy (non-hydrogen) atoms.